The molecule has 1 saturated heterocycles. The van der Waals surface area contributed by atoms with Crippen molar-refractivity contribution in [2.75, 3.05) is 31.1 Å². The summed E-state index contributed by atoms with van der Waals surface area (Å²) in [5, 5.41) is 3.49. The van der Waals surface area contributed by atoms with E-state index < -0.39 is 0 Å². The maximum Gasteiger partial charge on any atom is 0.203 e. The van der Waals surface area contributed by atoms with Crippen LogP contribution in [-0.2, 0) is 0 Å². The third-order valence-electron chi connectivity index (χ3n) is 3.94. The van der Waals surface area contributed by atoms with Crippen LogP contribution < -0.4 is 10.2 Å². The van der Waals surface area contributed by atoms with Crippen LogP contribution in [0, 0.1) is 5.92 Å². The molecule has 0 bridgehead atoms. The summed E-state index contributed by atoms with van der Waals surface area (Å²) in [5.74, 6) is 1.75. The summed E-state index contributed by atoms with van der Waals surface area (Å²) in [4.78, 5) is 10.5. The Balaban J connectivity index is 1.76. The standard InChI is InChI=1S/C15H22N4/c1-2-19(11-12-6-5-9-16-10-12)15-17-13-7-3-4-8-14(13)18-15/h3-4,7-8,12,16H,2,5-6,9-11H2,1H3,(H,17,18). The smallest absolute Gasteiger partial charge is 0.203 e. The molecule has 0 saturated carbocycles. The van der Waals surface area contributed by atoms with Crippen molar-refractivity contribution in [3.8, 4) is 0 Å². The Bertz CT molecular complexity index is 495. The van der Waals surface area contributed by atoms with E-state index in [2.05, 4.69) is 34.3 Å². The Hall–Kier alpha value is -1.55. The zero-order valence-corrected chi connectivity index (χ0v) is 11.5. The van der Waals surface area contributed by atoms with Crippen molar-refractivity contribution in [2.24, 2.45) is 5.92 Å². The fourth-order valence-corrected chi connectivity index (χ4v) is 2.85. The van der Waals surface area contributed by atoms with Crippen molar-refractivity contribution in [3.63, 3.8) is 0 Å². The number of hydrogen-bond acceptors (Lipinski definition) is 3. The van der Waals surface area contributed by atoms with E-state index >= 15 is 0 Å². The highest BCUT2D eigenvalue weighted by Crippen LogP contribution is 2.19. The van der Waals surface area contributed by atoms with Crippen LogP contribution in [0.1, 0.15) is 19.8 Å². The lowest BCUT2D eigenvalue weighted by Gasteiger charge is -2.29. The summed E-state index contributed by atoms with van der Waals surface area (Å²) in [6.45, 7) is 6.59. The maximum absolute atomic E-state index is 4.70. The van der Waals surface area contributed by atoms with Gasteiger partial charge in [0.2, 0.25) is 5.95 Å². The number of piperidine rings is 1. The van der Waals surface area contributed by atoms with E-state index in [1.165, 1.54) is 19.4 Å². The van der Waals surface area contributed by atoms with Gasteiger partial charge in [0.15, 0.2) is 0 Å². The van der Waals surface area contributed by atoms with E-state index in [0.717, 1.165) is 42.5 Å². The first-order chi connectivity index (χ1) is 9.36. The SMILES string of the molecule is CCN(CC1CCCNC1)c1nc2ccccc2[nH]1. The number of aromatic amines is 1. The number of aromatic nitrogens is 2. The lowest BCUT2D eigenvalue weighted by atomic mass is 9.99. The second-order valence-electron chi connectivity index (χ2n) is 5.33. The van der Waals surface area contributed by atoms with Crippen LogP contribution in [0.4, 0.5) is 5.95 Å². The average molecular weight is 258 g/mol. The van der Waals surface area contributed by atoms with Gasteiger partial charge in [0.25, 0.3) is 0 Å². The van der Waals surface area contributed by atoms with Crippen molar-refractivity contribution < 1.29 is 0 Å². The highest BCUT2D eigenvalue weighted by molar-refractivity contribution is 5.77. The van der Waals surface area contributed by atoms with Crippen molar-refractivity contribution >= 4 is 17.0 Å². The number of hydrogen-bond donors (Lipinski definition) is 2. The van der Waals surface area contributed by atoms with Gasteiger partial charge in [-0.2, -0.15) is 0 Å². The van der Waals surface area contributed by atoms with E-state index in [-0.39, 0.29) is 0 Å². The van der Waals surface area contributed by atoms with E-state index in [4.69, 9.17) is 4.98 Å². The van der Waals surface area contributed by atoms with Crippen molar-refractivity contribution in [1.29, 1.82) is 0 Å². The molecule has 2 N–H and O–H groups in total. The highest BCUT2D eigenvalue weighted by atomic mass is 15.3. The Kier molecular flexibility index (Phi) is 3.69. The molecule has 1 fully saturated rings. The summed E-state index contributed by atoms with van der Waals surface area (Å²) in [6.07, 6.45) is 2.62. The van der Waals surface area contributed by atoms with Crippen molar-refractivity contribution in [1.82, 2.24) is 15.3 Å². The molecule has 2 heterocycles. The molecule has 3 rings (SSSR count). The quantitative estimate of drug-likeness (QED) is 0.885. The number of nitrogens with one attached hydrogen (secondary N) is 2. The molecule has 19 heavy (non-hydrogen) atoms. The van der Waals surface area contributed by atoms with Crippen molar-refractivity contribution in [2.45, 2.75) is 19.8 Å². The minimum atomic E-state index is 0.738. The van der Waals surface area contributed by atoms with Crippen LogP contribution >= 0.6 is 0 Å². The normalized spacial score (nSPS) is 19.7. The molecule has 0 amide bonds. The van der Waals surface area contributed by atoms with E-state index in [1.54, 1.807) is 0 Å². The van der Waals surface area contributed by atoms with Gasteiger partial charge in [-0.15, -0.1) is 0 Å². The van der Waals surface area contributed by atoms with Crippen LogP contribution in [-0.4, -0.2) is 36.1 Å². The zero-order chi connectivity index (χ0) is 13.1. The fourth-order valence-electron chi connectivity index (χ4n) is 2.85. The van der Waals surface area contributed by atoms with E-state index in [9.17, 15) is 0 Å². The topological polar surface area (TPSA) is 44.0 Å². The minimum Gasteiger partial charge on any atom is -0.342 e. The zero-order valence-electron chi connectivity index (χ0n) is 11.5. The van der Waals surface area contributed by atoms with Crippen LogP contribution in [0.5, 0.6) is 0 Å². The summed E-state index contributed by atoms with van der Waals surface area (Å²) >= 11 is 0. The van der Waals surface area contributed by atoms with Gasteiger partial charge in [-0.3, -0.25) is 0 Å². The minimum absolute atomic E-state index is 0.738. The number of benzene rings is 1. The molecule has 102 valence electrons. The first kappa shape index (κ1) is 12.5. The second-order valence-corrected chi connectivity index (χ2v) is 5.33. The Morgan fingerprint density at radius 2 is 2.26 bits per heavy atom. The number of imidazole rings is 1. The lowest BCUT2D eigenvalue weighted by Crippen LogP contribution is -2.38. The molecule has 1 aromatic carbocycles. The fraction of sp³-hybridized carbons (Fsp3) is 0.533. The Morgan fingerprint density at radius 3 is 3.00 bits per heavy atom. The third-order valence-corrected chi connectivity index (χ3v) is 3.94. The molecule has 1 atom stereocenters. The number of H-pyrrole nitrogens is 1. The summed E-state index contributed by atoms with van der Waals surface area (Å²) in [5.41, 5.74) is 2.18. The van der Waals surface area contributed by atoms with Gasteiger partial charge in [-0.25, -0.2) is 4.98 Å². The number of anilines is 1. The predicted octanol–water partition coefficient (Wildman–Crippen LogP) is 2.39. The van der Waals surface area contributed by atoms with Crippen molar-refractivity contribution in [3.05, 3.63) is 24.3 Å². The Labute approximate surface area is 114 Å². The molecule has 1 unspecified atom stereocenters. The van der Waals surface area contributed by atoms with Gasteiger partial charge >= 0.3 is 0 Å². The molecule has 1 aromatic heterocycles. The average Bonchev–Trinajstić information content (AvgIpc) is 2.89. The van der Waals surface area contributed by atoms with Gasteiger partial charge < -0.3 is 15.2 Å². The summed E-state index contributed by atoms with van der Waals surface area (Å²) < 4.78 is 0. The van der Waals surface area contributed by atoms with Gasteiger partial charge in [-0.1, -0.05) is 12.1 Å². The molecule has 0 spiro atoms. The van der Waals surface area contributed by atoms with Crippen LogP contribution in [0.15, 0.2) is 24.3 Å². The first-order valence-corrected chi connectivity index (χ1v) is 7.27. The van der Waals surface area contributed by atoms with Gasteiger partial charge in [0.05, 0.1) is 11.0 Å². The molecule has 0 radical (unpaired) electrons. The molecule has 0 aliphatic carbocycles. The number of para-hydroxylation sites is 2. The number of fused-ring (bicyclic) bond motifs is 1. The van der Waals surface area contributed by atoms with Crippen LogP contribution in [0.25, 0.3) is 11.0 Å². The second kappa shape index (κ2) is 5.61. The Morgan fingerprint density at radius 1 is 1.37 bits per heavy atom. The molecule has 4 nitrogen and oxygen atoms in total. The largest absolute Gasteiger partial charge is 0.342 e. The molecular formula is C15H22N4. The van der Waals surface area contributed by atoms with Crippen LogP contribution in [0.3, 0.4) is 0 Å². The summed E-state index contributed by atoms with van der Waals surface area (Å²) in [6, 6.07) is 8.23. The maximum atomic E-state index is 4.70. The first-order valence-electron chi connectivity index (χ1n) is 7.27. The lowest BCUT2D eigenvalue weighted by molar-refractivity contribution is 0.377. The molecule has 1 aliphatic rings. The van der Waals surface area contributed by atoms with Gasteiger partial charge in [-0.05, 0) is 50.9 Å². The van der Waals surface area contributed by atoms with Gasteiger partial charge in [0.1, 0.15) is 0 Å². The number of nitrogens with zero attached hydrogens (tertiary/aromatic N) is 2. The molecular weight excluding hydrogens is 236 g/mol. The van der Waals surface area contributed by atoms with E-state index in [0.29, 0.717) is 0 Å². The number of rotatable bonds is 4. The van der Waals surface area contributed by atoms with Crippen LogP contribution in [0.2, 0.25) is 0 Å². The van der Waals surface area contributed by atoms with Gasteiger partial charge in [0, 0.05) is 13.1 Å². The molecule has 4 heteroatoms. The molecule has 1 aliphatic heterocycles. The monoisotopic (exact) mass is 258 g/mol. The summed E-state index contributed by atoms with van der Waals surface area (Å²) in [7, 11) is 0. The predicted molar refractivity (Wildman–Crippen MR) is 79.6 cm³/mol. The third kappa shape index (κ3) is 2.73. The highest BCUT2D eigenvalue weighted by Gasteiger charge is 2.18. The molecule has 2 aromatic rings. The van der Waals surface area contributed by atoms with E-state index in [1.807, 2.05) is 12.1 Å².